The third-order valence-corrected chi connectivity index (χ3v) is 12.2. The van der Waals surface area contributed by atoms with E-state index in [1.165, 1.54) is 55.2 Å². The van der Waals surface area contributed by atoms with Gasteiger partial charge in [0, 0.05) is 11.8 Å². The molecule has 0 heteroatoms. The standard InChI is InChI=1S/C44H52/c1-24-12-15-30-28(11-10-20-43(4,5)6)26(3)34-22-36-32(39(24)41(30)34)18-19-33-37(36)23-38-35-21-27(44(7,8)9)14-17-29(35)31-16-13-25(2)40(33)42(31)38/h10-11,14-17,21,24-25,34,38H,12-13,18-20,22-23H2,1-9H3. The molecule has 0 amide bonds. The Morgan fingerprint density at radius 2 is 1.32 bits per heavy atom. The van der Waals surface area contributed by atoms with Gasteiger partial charge in [0.25, 0.3) is 0 Å². The van der Waals surface area contributed by atoms with Crippen molar-refractivity contribution in [1.82, 2.24) is 0 Å². The topological polar surface area (TPSA) is 0 Å². The maximum Gasteiger partial charge on any atom is 0.0145 e. The molecule has 0 fully saturated rings. The molecule has 0 N–H and O–H groups in total. The van der Waals surface area contributed by atoms with Crippen LogP contribution in [0.25, 0.3) is 5.57 Å². The molecule has 0 radical (unpaired) electrons. The van der Waals surface area contributed by atoms with Crippen LogP contribution >= 0.6 is 0 Å². The van der Waals surface area contributed by atoms with Gasteiger partial charge >= 0.3 is 0 Å². The molecule has 0 bridgehead atoms. The zero-order valence-electron chi connectivity index (χ0n) is 28.8. The molecule has 1 aromatic carbocycles. The summed E-state index contributed by atoms with van der Waals surface area (Å²) in [7, 11) is 0. The molecule has 0 nitrogen and oxygen atoms in total. The van der Waals surface area contributed by atoms with Crippen LogP contribution < -0.4 is 0 Å². The van der Waals surface area contributed by atoms with Crippen LogP contribution in [0.1, 0.15) is 130 Å². The highest BCUT2D eigenvalue weighted by Gasteiger charge is 2.47. The number of hydrogen-bond acceptors (Lipinski definition) is 0. The predicted molar refractivity (Wildman–Crippen MR) is 187 cm³/mol. The van der Waals surface area contributed by atoms with E-state index in [-0.39, 0.29) is 5.41 Å². The van der Waals surface area contributed by atoms with Gasteiger partial charge in [-0.1, -0.05) is 103 Å². The summed E-state index contributed by atoms with van der Waals surface area (Å²) in [6.07, 6.45) is 18.5. The van der Waals surface area contributed by atoms with E-state index in [2.05, 4.69) is 105 Å². The van der Waals surface area contributed by atoms with E-state index in [0.717, 1.165) is 6.42 Å². The molecule has 7 aliphatic carbocycles. The van der Waals surface area contributed by atoms with E-state index in [0.29, 0.717) is 29.1 Å². The van der Waals surface area contributed by atoms with Gasteiger partial charge in [0.2, 0.25) is 0 Å². The Kier molecular flexibility index (Phi) is 6.22. The average molecular weight is 581 g/mol. The van der Waals surface area contributed by atoms with Crippen molar-refractivity contribution in [3.05, 3.63) is 120 Å². The second kappa shape index (κ2) is 9.57. The lowest BCUT2D eigenvalue weighted by molar-refractivity contribution is 0.420. The van der Waals surface area contributed by atoms with Crippen molar-refractivity contribution in [3.8, 4) is 0 Å². The Hall–Kier alpha value is -2.86. The molecular weight excluding hydrogens is 528 g/mol. The SMILES string of the molecule is CC1=C(C=CCC(C)(C)C)C2=CCC(C)C3=C2C1CC1=C3CCC2=C1CC1C3=C2C(C)CC=C3c2ccc(C(C)(C)C)cc21. The van der Waals surface area contributed by atoms with Gasteiger partial charge in [0.15, 0.2) is 0 Å². The maximum absolute atomic E-state index is 2.60. The van der Waals surface area contributed by atoms with Gasteiger partial charge in [-0.05, 0) is 153 Å². The first-order chi connectivity index (χ1) is 20.8. The Bertz CT molecular complexity index is 1760. The molecule has 0 heterocycles. The van der Waals surface area contributed by atoms with Crippen LogP contribution in [-0.2, 0) is 5.41 Å². The number of fused-ring (bicyclic) bond motifs is 6. The number of benzene rings is 1. The predicted octanol–water partition coefficient (Wildman–Crippen LogP) is 12.2. The molecule has 0 aromatic heterocycles. The van der Waals surface area contributed by atoms with Crippen molar-refractivity contribution < 1.29 is 0 Å². The first-order valence-corrected chi connectivity index (χ1v) is 17.7. The molecular formula is C44H52. The zero-order valence-corrected chi connectivity index (χ0v) is 28.8. The second-order valence-corrected chi connectivity index (χ2v) is 17.4. The normalized spacial score (nSPS) is 29.2. The Morgan fingerprint density at radius 3 is 1.93 bits per heavy atom. The van der Waals surface area contributed by atoms with E-state index in [1.54, 1.807) is 66.9 Å². The third kappa shape index (κ3) is 4.08. The summed E-state index contributed by atoms with van der Waals surface area (Å²) >= 11 is 0. The lowest BCUT2D eigenvalue weighted by atomic mass is 9.61. The van der Waals surface area contributed by atoms with Crippen molar-refractivity contribution in [1.29, 1.82) is 0 Å². The fourth-order valence-corrected chi connectivity index (χ4v) is 10.0. The number of allylic oxidation sites excluding steroid dienone is 16. The summed E-state index contributed by atoms with van der Waals surface area (Å²) in [6, 6.07) is 7.48. The summed E-state index contributed by atoms with van der Waals surface area (Å²) in [6.45, 7) is 21.6. The number of rotatable bonds is 2. The molecule has 8 rings (SSSR count). The highest BCUT2D eigenvalue weighted by atomic mass is 14.5. The van der Waals surface area contributed by atoms with Crippen molar-refractivity contribution in [3.63, 3.8) is 0 Å². The van der Waals surface area contributed by atoms with Gasteiger partial charge in [0.05, 0.1) is 0 Å². The lowest BCUT2D eigenvalue weighted by Crippen LogP contribution is -2.27. The molecule has 1 aromatic rings. The highest BCUT2D eigenvalue weighted by molar-refractivity contribution is 5.92. The van der Waals surface area contributed by atoms with Crippen LogP contribution in [0.15, 0.2) is 104 Å². The van der Waals surface area contributed by atoms with E-state index >= 15 is 0 Å². The molecule has 7 aliphatic rings. The molecule has 0 spiro atoms. The fourth-order valence-electron chi connectivity index (χ4n) is 10.0. The molecule has 4 unspecified atom stereocenters. The molecule has 0 aliphatic heterocycles. The molecule has 0 saturated carbocycles. The van der Waals surface area contributed by atoms with Gasteiger partial charge in [0.1, 0.15) is 0 Å². The third-order valence-electron chi connectivity index (χ3n) is 12.2. The van der Waals surface area contributed by atoms with E-state index in [9.17, 15) is 0 Å². The summed E-state index contributed by atoms with van der Waals surface area (Å²) in [5.74, 6) is 2.32. The van der Waals surface area contributed by atoms with Crippen LogP contribution in [-0.4, -0.2) is 0 Å². The molecule has 228 valence electrons. The van der Waals surface area contributed by atoms with Gasteiger partial charge in [-0.25, -0.2) is 0 Å². The van der Waals surface area contributed by atoms with Crippen molar-refractivity contribution in [2.75, 3.05) is 0 Å². The first kappa shape index (κ1) is 28.6. The van der Waals surface area contributed by atoms with Crippen LogP contribution in [0.3, 0.4) is 0 Å². The van der Waals surface area contributed by atoms with Crippen LogP contribution in [0.5, 0.6) is 0 Å². The summed E-state index contributed by atoms with van der Waals surface area (Å²) < 4.78 is 0. The molecule has 0 saturated heterocycles. The Morgan fingerprint density at radius 1 is 0.727 bits per heavy atom. The molecule has 4 atom stereocenters. The van der Waals surface area contributed by atoms with Crippen molar-refractivity contribution in [2.24, 2.45) is 23.2 Å². The van der Waals surface area contributed by atoms with Gasteiger partial charge in [-0.3, -0.25) is 0 Å². The van der Waals surface area contributed by atoms with E-state index < -0.39 is 0 Å². The summed E-state index contributed by atoms with van der Waals surface area (Å²) in [5, 5.41) is 0. The van der Waals surface area contributed by atoms with Crippen LogP contribution in [0.2, 0.25) is 0 Å². The first-order valence-electron chi connectivity index (χ1n) is 17.7. The lowest BCUT2D eigenvalue weighted by Gasteiger charge is -2.43. The summed E-state index contributed by atoms with van der Waals surface area (Å²) in [5.41, 5.74) is 25.4. The Labute approximate surface area is 267 Å². The minimum absolute atomic E-state index is 0.168. The van der Waals surface area contributed by atoms with Crippen LogP contribution in [0, 0.1) is 23.2 Å². The second-order valence-electron chi connectivity index (χ2n) is 17.4. The number of hydrogen-bond donors (Lipinski definition) is 0. The Balaban J connectivity index is 1.26. The monoisotopic (exact) mass is 580 g/mol. The quantitative estimate of drug-likeness (QED) is 0.326. The smallest absolute Gasteiger partial charge is 0.0145 e. The van der Waals surface area contributed by atoms with Crippen molar-refractivity contribution >= 4 is 5.57 Å². The minimum Gasteiger partial charge on any atom is -0.0834 e. The highest BCUT2D eigenvalue weighted by Crippen LogP contribution is 2.63. The van der Waals surface area contributed by atoms with Gasteiger partial charge in [-0.15, -0.1) is 0 Å². The summed E-state index contributed by atoms with van der Waals surface area (Å²) in [4.78, 5) is 0. The van der Waals surface area contributed by atoms with Gasteiger partial charge in [-0.2, -0.15) is 0 Å². The minimum atomic E-state index is 0.168. The molecule has 44 heavy (non-hydrogen) atoms. The van der Waals surface area contributed by atoms with E-state index in [4.69, 9.17) is 0 Å². The maximum atomic E-state index is 2.60. The fraction of sp³-hybridized carbons (Fsp3) is 0.500. The van der Waals surface area contributed by atoms with Crippen LogP contribution in [0.4, 0.5) is 0 Å². The zero-order chi connectivity index (χ0) is 30.9. The van der Waals surface area contributed by atoms with Crippen molar-refractivity contribution in [2.45, 2.75) is 119 Å². The van der Waals surface area contributed by atoms with E-state index in [1.807, 2.05) is 0 Å². The average Bonchev–Trinajstić information content (AvgIpc) is 3.42. The largest absolute Gasteiger partial charge is 0.0834 e. The van der Waals surface area contributed by atoms with Gasteiger partial charge < -0.3 is 0 Å².